The first-order valence-electron chi connectivity index (χ1n) is 7.79. The summed E-state index contributed by atoms with van der Waals surface area (Å²) in [6.07, 6.45) is 9.79. The van der Waals surface area contributed by atoms with Crippen molar-refractivity contribution in [2.45, 2.75) is 31.6 Å². The average Bonchev–Trinajstić information content (AvgIpc) is 2.80. The lowest BCUT2D eigenvalue weighted by molar-refractivity contribution is 0.542. The molecule has 0 N–H and O–H groups in total. The number of fused-ring (bicyclic) bond motifs is 3. The molecule has 0 saturated heterocycles. The van der Waals surface area contributed by atoms with Crippen molar-refractivity contribution in [3.8, 4) is 11.1 Å². The molecule has 0 unspecified atom stereocenters. The van der Waals surface area contributed by atoms with Crippen LogP contribution in [0.1, 0.15) is 37.3 Å². The van der Waals surface area contributed by atoms with Crippen molar-refractivity contribution in [2.75, 3.05) is 0 Å². The molecule has 0 fully saturated rings. The summed E-state index contributed by atoms with van der Waals surface area (Å²) in [6.45, 7) is 6.21. The van der Waals surface area contributed by atoms with Gasteiger partial charge in [-0.3, -0.25) is 0 Å². The van der Waals surface area contributed by atoms with E-state index in [1.165, 1.54) is 22.3 Å². The van der Waals surface area contributed by atoms with Gasteiger partial charge in [0.2, 0.25) is 0 Å². The predicted octanol–water partition coefficient (Wildman–Crippen LogP) is 5.89. The van der Waals surface area contributed by atoms with Gasteiger partial charge in [-0.25, -0.2) is 0 Å². The molecule has 0 heteroatoms. The van der Waals surface area contributed by atoms with E-state index in [4.69, 9.17) is 0 Å². The maximum absolute atomic E-state index is 4.02. The molecule has 0 radical (unpaired) electrons. The van der Waals surface area contributed by atoms with Crippen molar-refractivity contribution in [2.24, 2.45) is 0 Å². The Labute approximate surface area is 127 Å². The SMILES string of the molecule is C=CCC1(CC=CCC)c2ccccc2-c2ccccc21. The molecule has 0 nitrogen and oxygen atoms in total. The van der Waals surface area contributed by atoms with E-state index in [9.17, 15) is 0 Å². The van der Waals surface area contributed by atoms with Crippen LogP contribution >= 0.6 is 0 Å². The molecule has 2 aromatic rings. The normalized spacial score (nSPS) is 14.9. The molecule has 1 aliphatic carbocycles. The summed E-state index contributed by atoms with van der Waals surface area (Å²) in [5.74, 6) is 0. The molecule has 1 aliphatic rings. The lowest BCUT2D eigenvalue weighted by Gasteiger charge is -2.30. The molecule has 0 bridgehead atoms. The van der Waals surface area contributed by atoms with E-state index in [1.807, 2.05) is 0 Å². The third kappa shape index (κ3) is 2.15. The van der Waals surface area contributed by atoms with E-state index >= 15 is 0 Å². The lowest BCUT2D eigenvalue weighted by Crippen LogP contribution is -2.23. The van der Waals surface area contributed by atoms with Crippen molar-refractivity contribution in [1.82, 2.24) is 0 Å². The highest BCUT2D eigenvalue weighted by atomic mass is 14.4. The van der Waals surface area contributed by atoms with Gasteiger partial charge in [-0.2, -0.15) is 0 Å². The van der Waals surface area contributed by atoms with E-state index in [2.05, 4.69) is 80.3 Å². The van der Waals surface area contributed by atoms with Crippen LogP contribution in [0.2, 0.25) is 0 Å². The van der Waals surface area contributed by atoms with Crippen molar-refractivity contribution >= 4 is 0 Å². The van der Waals surface area contributed by atoms with Gasteiger partial charge >= 0.3 is 0 Å². The molecule has 0 atom stereocenters. The van der Waals surface area contributed by atoms with Crippen LogP contribution < -0.4 is 0 Å². The molecular formula is C21H22. The highest BCUT2D eigenvalue weighted by Gasteiger charge is 2.40. The van der Waals surface area contributed by atoms with Crippen LogP contribution in [-0.2, 0) is 5.41 Å². The van der Waals surface area contributed by atoms with Gasteiger partial charge in [0.25, 0.3) is 0 Å². The first-order valence-corrected chi connectivity index (χ1v) is 7.79. The zero-order valence-electron chi connectivity index (χ0n) is 12.7. The summed E-state index contributed by atoms with van der Waals surface area (Å²) in [5.41, 5.74) is 5.74. The second-order valence-electron chi connectivity index (χ2n) is 5.75. The Kier molecular flexibility index (Phi) is 3.79. The second kappa shape index (κ2) is 5.73. The quantitative estimate of drug-likeness (QED) is 0.597. The Morgan fingerprint density at radius 3 is 1.95 bits per heavy atom. The van der Waals surface area contributed by atoms with Crippen LogP contribution in [0.4, 0.5) is 0 Å². The van der Waals surface area contributed by atoms with E-state index in [0.29, 0.717) is 0 Å². The fraction of sp³-hybridized carbons (Fsp3) is 0.238. The van der Waals surface area contributed by atoms with Crippen molar-refractivity contribution in [3.05, 3.63) is 84.5 Å². The Morgan fingerprint density at radius 2 is 1.43 bits per heavy atom. The van der Waals surface area contributed by atoms with E-state index < -0.39 is 0 Å². The average molecular weight is 274 g/mol. The van der Waals surface area contributed by atoms with Gasteiger partial charge in [0.1, 0.15) is 0 Å². The third-order valence-electron chi connectivity index (χ3n) is 4.54. The topological polar surface area (TPSA) is 0 Å². The Morgan fingerprint density at radius 1 is 0.857 bits per heavy atom. The molecule has 3 rings (SSSR count). The van der Waals surface area contributed by atoms with Gasteiger partial charge in [-0.05, 0) is 41.5 Å². The summed E-state index contributed by atoms with van der Waals surface area (Å²) in [4.78, 5) is 0. The smallest absolute Gasteiger partial charge is 0.0283 e. The van der Waals surface area contributed by atoms with Crippen molar-refractivity contribution < 1.29 is 0 Å². The number of allylic oxidation sites excluding steroid dienone is 3. The van der Waals surface area contributed by atoms with Gasteiger partial charge in [0.15, 0.2) is 0 Å². The minimum absolute atomic E-state index is 0.0562. The standard InChI is InChI=1S/C21H22/c1-3-5-10-16-21(15-4-2)19-13-8-6-11-17(19)18-12-7-9-14-20(18)21/h4-14H,2-3,15-16H2,1H3. The van der Waals surface area contributed by atoms with Crippen LogP contribution in [0.3, 0.4) is 0 Å². The van der Waals surface area contributed by atoms with Crippen molar-refractivity contribution in [3.63, 3.8) is 0 Å². The predicted molar refractivity (Wildman–Crippen MR) is 91.5 cm³/mol. The number of hydrogen-bond donors (Lipinski definition) is 0. The molecule has 0 saturated carbocycles. The highest BCUT2D eigenvalue weighted by Crippen LogP contribution is 2.52. The molecule has 0 amide bonds. The zero-order valence-corrected chi connectivity index (χ0v) is 12.7. The molecule has 0 spiro atoms. The minimum atomic E-state index is 0.0562. The van der Waals surface area contributed by atoms with E-state index in [0.717, 1.165) is 19.3 Å². The molecule has 2 aromatic carbocycles. The summed E-state index contributed by atoms with van der Waals surface area (Å²) < 4.78 is 0. The van der Waals surface area contributed by atoms with Gasteiger partial charge in [-0.15, -0.1) is 6.58 Å². The van der Waals surface area contributed by atoms with Crippen LogP contribution in [0.5, 0.6) is 0 Å². The Bertz CT molecular complexity index is 630. The van der Waals surface area contributed by atoms with Gasteiger partial charge in [0.05, 0.1) is 0 Å². The minimum Gasteiger partial charge on any atom is -0.103 e. The molecular weight excluding hydrogens is 252 g/mol. The summed E-state index contributed by atoms with van der Waals surface area (Å²) in [5, 5.41) is 0. The van der Waals surface area contributed by atoms with Crippen LogP contribution in [0.15, 0.2) is 73.3 Å². The van der Waals surface area contributed by atoms with E-state index in [1.54, 1.807) is 0 Å². The summed E-state index contributed by atoms with van der Waals surface area (Å²) in [7, 11) is 0. The molecule has 0 aromatic heterocycles. The van der Waals surface area contributed by atoms with E-state index in [-0.39, 0.29) is 5.41 Å². The van der Waals surface area contributed by atoms with Crippen LogP contribution in [0, 0.1) is 0 Å². The van der Waals surface area contributed by atoms with Gasteiger partial charge < -0.3 is 0 Å². The zero-order chi connectivity index (χ0) is 14.7. The van der Waals surface area contributed by atoms with Crippen LogP contribution in [-0.4, -0.2) is 0 Å². The Balaban J connectivity index is 2.22. The fourth-order valence-corrected chi connectivity index (χ4v) is 3.64. The van der Waals surface area contributed by atoms with Gasteiger partial charge in [0, 0.05) is 5.41 Å². The summed E-state index contributed by atoms with van der Waals surface area (Å²) in [6, 6.07) is 17.7. The Hall–Kier alpha value is -2.08. The maximum Gasteiger partial charge on any atom is 0.0283 e. The van der Waals surface area contributed by atoms with Gasteiger partial charge in [-0.1, -0.05) is 73.7 Å². The second-order valence-corrected chi connectivity index (χ2v) is 5.75. The number of rotatable bonds is 5. The number of benzene rings is 2. The highest BCUT2D eigenvalue weighted by molar-refractivity contribution is 5.81. The van der Waals surface area contributed by atoms with Crippen LogP contribution in [0.25, 0.3) is 11.1 Å². The van der Waals surface area contributed by atoms with Crippen molar-refractivity contribution in [1.29, 1.82) is 0 Å². The first-order chi connectivity index (χ1) is 10.3. The molecule has 106 valence electrons. The molecule has 0 aliphatic heterocycles. The summed E-state index contributed by atoms with van der Waals surface area (Å²) >= 11 is 0. The number of hydrogen-bond acceptors (Lipinski definition) is 0. The maximum atomic E-state index is 4.02. The third-order valence-corrected chi connectivity index (χ3v) is 4.54. The monoisotopic (exact) mass is 274 g/mol. The fourth-order valence-electron chi connectivity index (χ4n) is 3.64. The molecule has 0 heterocycles. The molecule has 21 heavy (non-hydrogen) atoms. The first kappa shape index (κ1) is 13.9. The lowest BCUT2D eigenvalue weighted by atomic mass is 9.73. The largest absolute Gasteiger partial charge is 0.103 e.